The number of ether oxygens (including phenoxy) is 1. The molecule has 6 nitrogen and oxygen atoms in total. The van der Waals surface area contributed by atoms with Crippen molar-refractivity contribution in [2.45, 2.75) is 392 Å². The molecule has 0 aliphatic heterocycles. The minimum atomic E-state index is -0.842. The average Bonchev–Trinajstić information content (AvgIpc) is 3.47. The number of carbonyl (C=O) groups is 2. The lowest BCUT2D eigenvalue weighted by Crippen LogP contribution is -2.45. The van der Waals surface area contributed by atoms with Crippen molar-refractivity contribution in [2.75, 3.05) is 13.2 Å². The van der Waals surface area contributed by atoms with Crippen LogP contribution in [0.3, 0.4) is 0 Å². The van der Waals surface area contributed by atoms with Gasteiger partial charge in [0.25, 0.3) is 0 Å². The fourth-order valence-electron chi connectivity index (χ4n) is 11.0. The molecule has 0 heterocycles. The summed E-state index contributed by atoms with van der Waals surface area (Å²) in [5.41, 5.74) is 0. The van der Waals surface area contributed by atoms with Crippen molar-refractivity contribution in [1.82, 2.24) is 5.32 Å². The van der Waals surface area contributed by atoms with Crippen LogP contribution in [-0.4, -0.2) is 47.4 Å². The second-order valence-corrected chi connectivity index (χ2v) is 24.6. The van der Waals surface area contributed by atoms with Crippen molar-refractivity contribution in [3.8, 4) is 0 Å². The SMILES string of the molecule is CCCC/C=C\C/C=C\CCCCCCCC(=O)OCCCCCCCCCCCCCCC/C=C\C/C=C\CCCCCCCCCCCCCCCCCCCC(=O)NC(CO)C(O)/C=C/CCCCCCCCCCCCC. The van der Waals surface area contributed by atoms with Crippen LogP contribution in [0.15, 0.2) is 60.8 Å². The van der Waals surface area contributed by atoms with Gasteiger partial charge in [-0.2, -0.15) is 0 Å². The Hall–Kier alpha value is -2.44. The van der Waals surface area contributed by atoms with Gasteiger partial charge in [-0.05, 0) is 89.9 Å². The minimum absolute atomic E-state index is 0.00364. The molecule has 3 N–H and O–H groups in total. The predicted molar refractivity (Wildman–Crippen MR) is 356 cm³/mol. The number of hydrogen-bond donors (Lipinski definition) is 3. The lowest BCUT2D eigenvalue weighted by molar-refractivity contribution is -0.143. The van der Waals surface area contributed by atoms with Gasteiger partial charge in [0, 0.05) is 12.8 Å². The Labute approximate surface area is 505 Å². The number of aliphatic hydroxyl groups excluding tert-OH is 2. The maximum atomic E-state index is 12.5. The summed E-state index contributed by atoms with van der Waals surface area (Å²) in [4.78, 5) is 24.5. The summed E-state index contributed by atoms with van der Waals surface area (Å²) in [6, 6.07) is -0.626. The molecular weight excluding hydrogens is 995 g/mol. The van der Waals surface area contributed by atoms with E-state index in [0.29, 0.717) is 19.4 Å². The largest absolute Gasteiger partial charge is 0.466 e. The van der Waals surface area contributed by atoms with Gasteiger partial charge in [-0.25, -0.2) is 0 Å². The zero-order valence-electron chi connectivity index (χ0n) is 54.3. The molecule has 0 radical (unpaired) electrons. The van der Waals surface area contributed by atoms with Gasteiger partial charge < -0.3 is 20.3 Å². The summed E-state index contributed by atoms with van der Waals surface area (Å²) in [6.07, 6.45) is 93.2. The first-order chi connectivity index (χ1) is 40.0. The molecule has 0 fully saturated rings. The van der Waals surface area contributed by atoms with E-state index in [2.05, 4.69) is 67.8 Å². The van der Waals surface area contributed by atoms with Crippen LogP contribution in [0.25, 0.3) is 0 Å². The van der Waals surface area contributed by atoms with Crippen LogP contribution in [0.2, 0.25) is 0 Å². The van der Waals surface area contributed by atoms with E-state index in [-0.39, 0.29) is 18.5 Å². The summed E-state index contributed by atoms with van der Waals surface area (Å²) in [6.45, 7) is 4.87. The molecule has 81 heavy (non-hydrogen) atoms. The van der Waals surface area contributed by atoms with E-state index in [1.54, 1.807) is 6.08 Å². The number of nitrogens with one attached hydrogen (secondary N) is 1. The number of unbranched alkanes of at least 4 members (excludes halogenated alkanes) is 48. The van der Waals surface area contributed by atoms with Crippen molar-refractivity contribution in [1.29, 1.82) is 0 Å². The van der Waals surface area contributed by atoms with E-state index < -0.39 is 12.1 Å². The third-order valence-corrected chi connectivity index (χ3v) is 16.5. The summed E-state index contributed by atoms with van der Waals surface area (Å²) >= 11 is 0. The molecule has 6 heteroatoms. The van der Waals surface area contributed by atoms with Crippen LogP contribution in [0, 0.1) is 0 Å². The standard InChI is InChI=1S/C75H139NO5/c1-3-5-7-9-11-13-15-17-45-49-53-57-61-65-69-75(80)81-70-66-62-58-54-50-46-42-40-38-36-34-32-30-28-26-24-22-20-18-19-21-23-25-27-29-31-33-35-37-39-41-44-48-52-56-60-64-68-74(79)76-72(71-77)73(78)67-63-59-55-51-47-43-16-14-12-10-8-6-4-2/h9,11,15,17-18,20,24,26,63,67,72-73,77-78H,3-8,10,12-14,16,19,21-23,25,27-62,64-66,68-71H2,1-2H3,(H,76,79)/b11-9-,17-15-,20-18-,26-24-,67-63+. The monoisotopic (exact) mass is 1130 g/mol. The van der Waals surface area contributed by atoms with Gasteiger partial charge in [-0.3, -0.25) is 9.59 Å². The highest BCUT2D eigenvalue weighted by Gasteiger charge is 2.18. The van der Waals surface area contributed by atoms with Gasteiger partial charge in [0.1, 0.15) is 0 Å². The Morgan fingerprint density at radius 1 is 0.346 bits per heavy atom. The smallest absolute Gasteiger partial charge is 0.305 e. The van der Waals surface area contributed by atoms with Crippen molar-refractivity contribution in [3.63, 3.8) is 0 Å². The van der Waals surface area contributed by atoms with Crippen LogP contribution in [0.4, 0.5) is 0 Å². The number of hydrogen-bond acceptors (Lipinski definition) is 5. The number of rotatable bonds is 67. The summed E-state index contributed by atoms with van der Waals surface area (Å²) < 4.78 is 5.48. The molecule has 2 atom stereocenters. The van der Waals surface area contributed by atoms with E-state index >= 15 is 0 Å². The molecule has 1 amide bonds. The molecule has 0 bridgehead atoms. The molecule has 0 aromatic rings. The van der Waals surface area contributed by atoms with Gasteiger partial charge in [-0.1, -0.05) is 338 Å². The normalized spacial score (nSPS) is 12.9. The molecule has 0 aromatic heterocycles. The molecule has 0 aliphatic rings. The van der Waals surface area contributed by atoms with E-state index in [1.807, 2.05) is 6.08 Å². The summed E-state index contributed by atoms with van der Waals surface area (Å²) in [5.74, 6) is -0.0609. The van der Waals surface area contributed by atoms with Crippen molar-refractivity contribution in [2.24, 2.45) is 0 Å². The molecule has 0 aliphatic carbocycles. The van der Waals surface area contributed by atoms with E-state index in [4.69, 9.17) is 4.74 Å². The Morgan fingerprint density at radius 3 is 0.975 bits per heavy atom. The zero-order chi connectivity index (χ0) is 58.5. The third kappa shape index (κ3) is 66.6. The van der Waals surface area contributed by atoms with Crippen LogP contribution in [-0.2, 0) is 14.3 Å². The number of allylic oxidation sites excluding steroid dienone is 9. The fraction of sp³-hybridized carbons (Fsp3) is 0.840. The maximum Gasteiger partial charge on any atom is 0.305 e. The highest BCUT2D eigenvalue weighted by Crippen LogP contribution is 2.18. The Bertz CT molecular complexity index is 1400. The highest BCUT2D eigenvalue weighted by atomic mass is 16.5. The lowest BCUT2D eigenvalue weighted by Gasteiger charge is -2.20. The summed E-state index contributed by atoms with van der Waals surface area (Å²) in [5, 5.41) is 23.1. The second kappa shape index (κ2) is 70.0. The Kier molecular flexibility index (Phi) is 67.9. The highest BCUT2D eigenvalue weighted by molar-refractivity contribution is 5.76. The quantitative estimate of drug-likeness (QED) is 0.0320. The number of carbonyl (C=O) groups excluding carboxylic acids is 2. The van der Waals surface area contributed by atoms with E-state index in [1.165, 1.54) is 295 Å². The molecule has 0 saturated carbocycles. The molecule has 0 rings (SSSR count). The number of amides is 1. The van der Waals surface area contributed by atoms with Gasteiger partial charge in [0.2, 0.25) is 5.91 Å². The molecule has 474 valence electrons. The first kappa shape index (κ1) is 78.6. The number of aliphatic hydroxyl groups is 2. The topological polar surface area (TPSA) is 95.9 Å². The summed E-state index contributed by atoms with van der Waals surface area (Å²) in [7, 11) is 0. The third-order valence-electron chi connectivity index (χ3n) is 16.5. The van der Waals surface area contributed by atoms with Gasteiger partial charge >= 0.3 is 5.97 Å². The maximum absolute atomic E-state index is 12.5. The van der Waals surface area contributed by atoms with Gasteiger partial charge in [0.15, 0.2) is 0 Å². The molecular formula is C75H139NO5. The first-order valence-corrected chi connectivity index (χ1v) is 36.1. The van der Waals surface area contributed by atoms with Gasteiger partial charge in [-0.15, -0.1) is 0 Å². The molecule has 2 unspecified atom stereocenters. The molecule has 0 spiro atoms. The molecule has 0 aromatic carbocycles. The fourth-order valence-corrected chi connectivity index (χ4v) is 11.0. The van der Waals surface area contributed by atoms with Crippen LogP contribution in [0.5, 0.6) is 0 Å². The van der Waals surface area contributed by atoms with E-state index in [0.717, 1.165) is 57.8 Å². The predicted octanol–water partition coefficient (Wildman–Crippen LogP) is 23.4. The van der Waals surface area contributed by atoms with Crippen LogP contribution in [0.1, 0.15) is 380 Å². The Balaban J connectivity index is 3.37. The van der Waals surface area contributed by atoms with Crippen LogP contribution >= 0.6 is 0 Å². The van der Waals surface area contributed by atoms with Crippen molar-refractivity contribution < 1.29 is 24.5 Å². The minimum Gasteiger partial charge on any atom is -0.466 e. The van der Waals surface area contributed by atoms with E-state index in [9.17, 15) is 19.8 Å². The van der Waals surface area contributed by atoms with Crippen LogP contribution < -0.4 is 5.32 Å². The average molecular weight is 1130 g/mol. The zero-order valence-corrected chi connectivity index (χ0v) is 54.3. The van der Waals surface area contributed by atoms with Crippen molar-refractivity contribution >= 4 is 11.9 Å². The van der Waals surface area contributed by atoms with Crippen molar-refractivity contribution in [3.05, 3.63) is 60.8 Å². The molecule has 0 saturated heterocycles. The van der Waals surface area contributed by atoms with Gasteiger partial charge in [0.05, 0.1) is 25.4 Å². The first-order valence-electron chi connectivity index (χ1n) is 36.1. The lowest BCUT2D eigenvalue weighted by atomic mass is 10.0. The second-order valence-electron chi connectivity index (χ2n) is 24.6. The number of esters is 1. The Morgan fingerprint density at radius 2 is 0.630 bits per heavy atom.